The van der Waals surface area contributed by atoms with Crippen LogP contribution in [-0.2, 0) is 24.2 Å². The molecule has 27 heavy (non-hydrogen) atoms. The molecule has 0 saturated carbocycles. The molecule has 2 aromatic rings. The predicted octanol–water partition coefficient (Wildman–Crippen LogP) is 2.43. The highest BCUT2D eigenvalue weighted by Gasteiger charge is 2.25. The maximum absolute atomic E-state index is 12.8. The minimum Gasteiger partial charge on any atom is -0.496 e. The summed E-state index contributed by atoms with van der Waals surface area (Å²) in [6.45, 7) is 2.33. The normalized spacial score (nSPS) is 19.4. The lowest BCUT2D eigenvalue weighted by Crippen LogP contribution is -2.38. The number of benzene rings is 1. The molecule has 1 amide bonds. The fourth-order valence-electron chi connectivity index (χ4n) is 3.91. The van der Waals surface area contributed by atoms with Crippen molar-refractivity contribution in [3.63, 3.8) is 0 Å². The molecule has 4 rings (SSSR count). The van der Waals surface area contributed by atoms with Crippen LogP contribution in [-0.4, -0.2) is 41.0 Å². The molecular weight excluding hydrogens is 340 g/mol. The van der Waals surface area contributed by atoms with Crippen LogP contribution in [0.2, 0.25) is 0 Å². The number of hydrogen-bond donors (Lipinski definition) is 1. The first-order valence-corrected chi connectivity index (χ1v) is 9.72. The number of carbonyl (C=O) groups is 1. The van der Waals surface area contributed by atoms with E-state index in [9.17, 15) is 4.79 Å². The maximum atomic E-state index is 12.8. The zero-order valence-corrected chi connectivity index (χ0v) is 15.8. The van der Waals surface area contributed by atoms with Crippen molar-refractivity contribution in [2.24, 2.45) is 0 Å². The van der Waals surface area contributed by atoms with E-state index in [1.54, 1.807) is 7.11 Å². The Bertz CT molecular complexity index is 818. The Morgan fingerprint density at radius 2 is 2.22 bits per heavy atom. The van der Waals surface area contributed by atoms with Crippen LogP contribution in [0.25, 0.3) is 0 Å². The summed E-state index contributed by atoms with van der Waals surface area (Å²) in [5.41, 5.74) is 3.08. The van der Waals surface area contributed by atoms with Crippen molar-refractivity contribution in [1.29, 1.82) is 0 Å². The van der Waals surface area contributed by atoms with Crippen molar-refractivity contribution in [2.75, 3.05) is 20.2 Å². The van der Waals surface area contributed by atoms with Gasteiger partial charge < -0.3 is 15.0 Å². The van der Waals surface area contributed by atoms with Gasteiger partial charge in [0.15, 0.2) is 0 Å². The van der Waals surface area contributed by atoms with Gasteiger partial charge in [-0.25, -0.2) is 9.97 Å². The molecule has 1 aromatic heterocycles. The zero-order chi connectivity index (χ0) is 18.6. The van der Waals surface area contributed by atoms with Gasteiger partial charge in [-0.1, -0.05) is 24.6 Å². The van der Waals surface area contributed by atoms with Crippen molar-refractivity contribution in [2.45, 2.75) is 44.7 Å². The number of hydrogen-bond acceptors (Lipinski definition) is 5. The lowest BCUT2D eigenvalue weighted by Gasteiger charge is -2.29. The molecule has 3 heterocycles. The minimum absolute atomic E-state index is 0.114. The average molecular weight is 366 g/mol. The van der Waals surface area contributed by atoms with Crippen LogP contribution in [0, 0.1) is 0 Å². The number of para-hydroxylation sites is 1. The number of nitrogens with one attached hydrogen (secondary N) is 1. The van der Waals surface area contributed by atoms with Gasteiger partial charge in [-0.2, -0.15) is 0 Å². The predicted molar refractivity (Wildman–Crippen MR) is 102 cm³/mol. The second-order valence-corrected chi connectivity index (χ2v) is 7.26. The van der Waals surface area contributed by atoms with E-state index in [-0.39, 0.29) is 11.9 Å². The quantitative estimate of drug-likeness (QED) is 0.900. The van der Waals surface area contributed by atoms with Crippen LogP contribution >= 0.6 is 0 Å². The summed E-state index contributed by atoms with van der Waals surface area (Å²) in [5, 5.41) is 3.51. The van der Waals surface area contributed by atoms with Crippen LogP contribution in [0.5, 0.6) is 5.75 Å². The second-order valence-electron chi connectivity index (χ2n) is 7.26. The Labute approximate surface area is 160 Å². The summed E-state index contributed by atoms with van der Waals surface area (Å²) in [7, 11) is 1.64. The molecule has 1 aromatic carbocycles. The number of fused-ring (bicyclic) bond motifs is 1. The summed E-state index contributed by atoms with van der Waals surface area (Å²) in [6.07, 6.45) is 6.60. The molecule has 6 nitrogen and oxygen atoms in total. The summed E-state index contributed by atoms with van der Waals surface area (Å²) in [5.74, 6) is 1.78. The molecule has 142 valence electrons. The van der Waals surface area contributed by atoms with Crippen LogP contribution < -0.4 is 10.1 Å². The largest absolute Gasteiger partial charge is 0.496 e. The second kappa shape index (κ2) is 8.05. The van der Waals surface area contributed by atoms with Crippen molar-refractivity contribution >= 4 is 5.91 Å². The third kappa shape index (κ3) is 3.95. The Balaban J connectivity index is 1.44. The van der Waals surface area contributed by atoms with E-state index in [1.807, 2.05) is 35.4 Å². The highest BCUT2D eigenvalue weighted by molar-refractivity contribution is 5.79. The zero-order valence-electron chi connectivity index (χ0n) is 15.8. The standard InChI is InChI=1S/C21H26N4O2/c1-27-19-8-3-2-6-15(19)12-20(26)25-11-9-17-16(14-25)13-23-21(24-17)18-7-4-5-10-22-18/h2-3,6,8,13,18,22H,4-5,7,9-12,14H2,1H3. The lowest BCUT2D eigenvalue weighted by atomic mass is 10.0. The molecule has 1 N–H and O–H groups in total. The van der Waals surface area contributed by atoms with E-state index in [0.29, 0.717) is 19.5 Å². The topological polar surface area (TPSA) is 67.3 Å². The molecule has 1 fully saturated rings. The summed E-state index contributed by atoms with van der Waals surface area (Å²) in [4.78, 5) is 24.1. The van der Waals surface area contributed by atoms with Gasteiger partial charge in [-0.15, -0.1) is 0 Å². The first-order valence-electron chi connectivity index (χ1n) is 9.72. The van der Waals surface area contributed by atoms with Crippen LogP contribution in [0.3, 0.4) is 0 Å². The average Bonchev–Trinajstić information content (AvgIpc) is 2.74. The molecule has 1 unspecified atom stereocenters. The molecule has 6 heteroatoms. The summed E-state index contributed by atoms with van der Waals surface area (Å²) >= 11 is 0. The number of rotatable bonds is 4. The van der Waals surface area contributed by atoms with Gasteiger partial charge >= 0.3 is 0 Å². The number of amides is 1. The van der Waals surface area contributed by atoms with E-state index in [2.05, 4.69) is 10.3 Å². The molecule has 2 aliphatic heterocycles. The minimum atomic E-state index is 0.114. The van der Waals surface area contributed by atoms with Crippen LogP contribution in [0.1, 0.15) is 47.9 Å². The number of aromatic nitrogens is 2. The molecule has 0 spiro atoms. The molecular formula is C21H26N4O2. The fraction of sp³-hybridized carbons (Fsp3) is 0.476. The summed E-state index contributed by atoms with van der Waals surface area (Å²) < 4.78 is 5.36. The molecule has 0 radical (unpaired) electrons. The van der Waals surface area contributed by atoms with Crippen molar-refractivity contribution in [3.05, 3.63) is 53.1 Å². The van der Waals surface area contributed by atoms with Gasteiger partial charge in [0.2, 0.25) is 5.91 Å². The maximum Gasteiger partial charge on any atom is 0.227 e. The van der Waals surface area contributed by atoms with E-state index >= 15 is 0 Å². The molecule has 1 saturated heterocycles. The van der Waals surface area contributed by atoms with Gasteiger partial charge in [-0.3, -0.25) is 4.79 Å². The highest BCUT2D eigenvalue weighted by Crippen LogP contribution is 2.24. The summed E-state index contributed by atoms with van der Waals surface area (Å²) in [6, 6.07) is 7.96. The van der Waals surface area contributed by atoms with E-state index in [4.69, 9.17) is 9.72 Å². The number of nitrogens with zero attached hydrogens (tertiary/aromatic N) is 3. The van der Waals surface area contributed by atoms with Gasteiger partial charge in [0.25, 0.3) is 0 Å². The van der Waals surface area contributed by atoms with E-state index in [1.165, 1.54) is 12.8 Å². The van der Waals surface area contributed by atoms with Crippen LogP contribution in [0.4, 0.5) is 0 Å². The van der Waals surface area contributed by atoms with Crippen LogP contribution in [0.15, 0.2) is 30.5 Å². The number of ether oxygens (including phenoxy) is 1. The molecule has 2 aliphatic rings. The Morgan fingerprint density at radius 1 is 1.33 bits per heavy atom. The van der Waals surface area contributed by atoms with Gasteiger partial charge in [0.1, 0.15) is 11.6 Å². The monoisotopic (exact) mass is 366 g/mol. The Kier molecular flexibility index (Phi) is 5.34. The lowest BCUT2D eigenvalue weighted by molar-refractivity contribution is -0.131. The highest BCUT2D eigenvalue weighted by atomic mass is 16.5. The smallest absolute Gasteiger partial charge is 0.227 e. The van der Waals surface area contributed by atoms with E-state index < -0.39 is 0 Å². The number of methoxy groups -OCH3 is 1. The van der Waals surface area contributed by atoms with Gasteiger partial charge in [0.05, 0.1) is 25.3 Å². The molecule has 0 bridgehead atoms. The SMILES string of the molecule is COc1ccccc1CC(=O)N1CCc2nc(C3CCCCN3)ncc2C1. The van der Waals surface area contributed by atoms with Gasteiger partial charge in [-0.05, 0) is 25.5 Å². The van der Waals surface area contributed by atoms with Crippen molar-refractivity contribution < 1.29 is 9.53 Å². The first kappa shape index (κ1) is 17.9. The molecule has 1 atom stereocenters. The van der Waals surface area contributed by atoms with Crippen molar-refractivity contribution in [1.82, 2.24) is 20.2 Å². The Morgan fingerprint density at radius 3 is 3.04 bits per heavy atom. The molecule has 0 aliphatic carbocycles. The third-order valence-corrected chi connectivity index (χ3v) is 5.46. The Hall–Kier alpha value is -2.47. The van der Waals surface area contributed by atoms with Gasteiger partial charge in [0, 0.05) is 36.8 Å². The number of carbonyl (C=O) groups excluding carboxylic acids is 1. The fourth-order valence-corrected chi connectivity index (χ4v) is 3.91. The van der Waals surface area contributed by atoms with E-state index in [0.717, 1.165) is 47.8 Å². The third-order valence-electron chi connectivity index (χ3n) is 5.46. The first-order chi connectivity index (χ1) is 13.2. The van der Waals surface area contributed by atoms with Crippen molar-refractivity contribution in [3.8, 4) is 5.75 Å². The number of piperidine rings is 1.